The van der Waals surface area contributed by atoms with Gasteiger partial charge in [0.25, 0.3) is 0 Å². The Morgan fingerprint density at radius 3 is 2.50 bits per heavy atom. The maximum atomic E-state index is 4.07. The highest BCUT2D eigenvalue weighted by atomic mass is 15.4. The maximum absolute atomic E-state index is 4.07. The van der Waals surface area contributed by atoms with Crippen molar-refractivity contribution in [3.63, 3.8) is 0 Å². The predicted octanol–water partition coefficient (Wildman–Crippen LogP) is 3.12. The molecule has 0 saturated carbocycles. The molecule has 16 heavy (non-hydrogen) atoms. The molecule has 1 rings (SSSR count). The lowest BCUT2D eigenvalue weighted by atomic mass is 9.93. The molecule has 1 atom stereocenters. The van der Waals surface area contributed by atoms with Crippen molar-refractivity contribution in [2.24, 2.45) is 0 Å². The van der Waals surface area contributed by atoms with Crippen LogP contribution < -0.4 is 0 Å². The molecule has 90 valence electrons. The van der Waals surface area contributed by atoms with Crippen molar-refractivity contribution >= 4 is 0 Å². The summed E-state index contributed by atoms with van der Waals surface area (Å²) >= 11 is 0. The summed E-state index contributed by atoms with van der Waals surface area (Å²) in [5.74, 6) is 0.518. The Morgan fingerprint density at radius 1 is 1.00 bits per heavy atom. The van der Waals surface area contributed by atoms with Gasteiger partial charge in [-0.05, 0) is 23.3 Å². The highest BCUT2D eigenvalue weighted by Gasteiger charge is 2.12. The zero-order valence-corrected chi connectivity index (χ0v) is 10.4. The monoisotopic (exact) mass is 222 g/mol. The molecule has 4 nitrogen and oxygen atoms in total. The molecule has 0 bridgehead atoms. The molecule has 0 aliphatic carbocycles. The largest absolute Gasteiger partial charge is 0.135 e. The summed E-state index contributed by atoms with van der Waals surface area (Å²) in [7, 11) is 0. The van der Waals surface area contributed by atoms with E-state index in [1.54, 1.807) is 6.20 Å². The van der Waals surface area contributed by atoms with E-state index in [0.29, 0.717) is 5.92 Å². The molecular formula is C12H22N4. The molecule has 0 N–H and O–H groups in total. The van der Waals surface area contributed by atoms with Crippen molar-refractivity contribution in [1.29, 1.82) is 0 Å². The van der Waals surface area contributed by atoms with Crippen molar-refractivity contribution in [3.05, 3.63) is 11.9 Å². The van der Waals surface area contributed by atoms with E-state index >= 15 is 0 Å². The first-order valence-electron chi connectivity index (χ1n) is 6.39. The number of nitrogens with zero attached hydrogens (tertiary/aromatic N) is 4. The van der Waals surface area contributed by atoms with Crippen LogP contribution in [0.5, 0.6) is 0 Å². The molecule has 0 aromatic carbocycles. The van der Waals surface area contributed by atoms with E-state index < -0.39 is 0 Å². The van der Waals surface area contributed by atoms with Gasteiger partial charge in [-0.25, -0.2) is 0 Å². The number of aromatic nitrogens is 4. The SMILES string of the molecule is CCCCCCC(CCC)c1cnnnn1. The van der Waals surface area contributed by atoms with Crippen molar-refractivity contribution < 1.29 is 0 Å². The third-order valence-electron chi connectivity index (χ3n) is 2.90. The van der Waals surface area contributed by atoms with Crippen LogP contribution in [-0.2, 0) is 0 Å². The second kappa shape index (κ2) is 8.13. The maximum Gasteiger partial charge on any atom is 0.0881 e. The highest BCUT2D eigenvalue weighted by Crippen LogP contribution is 2.24. The van der Waals surface area contributed by atoms with Crippen LogP contribution in [0.15, 0.2) is 6.20 Å². The van der Waals surface area contributed by atoms with Crippen molar-refractivity contribution in [3.8, 4) is 0 Å². The fourth-order valence-corrected chi connectivity index (χ4v) is 2.00. The first-order chi connectivity index (χ1) is 7.88. The lowest BCUT2D eigenvalue weighted by Crippen LogP contribution is -2.05. The van der Waals surface area contributed by atoms with Crippen molar-refractivity contribution in [1.82, 2.24) is 20.6 Å². The number of unbranched alkanes of at least 4 members (excludes halogenated alkanes) is 3. The fourth-order valence-electron chi connectivity index (χ4n) is 2.00. The van der Waals surface area contributed by atoms with Crippen LogP contribution in [0.1, 0.15) is 70.4 Å². The fraction of sp³-hybridized carbons (Fsp3) is 0.833. The third-order valence-corrected chi connectivity index (χ3v) is 2.90. The Morgan fingerprint density at radius 2 is 1.88 bits per heavy atom. The molecular weight excluding hydrogens is 200 g/mol. The Balaban J connectivity index is 2.41. The summed E-state index contributed by atoms with van der Waals surface area (Å²) in [5, 5.41) is 15.0. The van der Waals surface area contributed by atoms with Crippen LogP contribution in [0.25, 0.3) is 0 Å². The number of hydrogen-bond acceptors (Lipinski definition) is 4. The normalized spacial score (nSPS) is 12.6. The van der Waals surface area contributed by atoms with E-state index in [1.165, 1.54) is 44.9 Å². The van der Waals surface area contributed by atoms with Crippen molar-refractivity contribution in [2.75, 3.05) is 0 Å². The molecule has 1 heterocycles. The van der Waals surface area contributed by atoms with Gasteiger partial charge in [0, 0.05) is 5.92 Å². The van der Waals surface area contributed by atoms with Gasteiger partial charge in [0.1, 0.15) is 0 Å². The Hall–Kier alpha value is -1.06. The molecule has 4 heteroatoms. The summed E-state index contributed by atoms with van der Waals surface area (Å²) < 4.78 is 0. The van der Waals surface area contributed by atoms with Crippen molar-refractivity contribution in [2.45, 2.75) is 64.7 Å². The van der Waals surface area contributed by atoms with E-state index in [4.69, 9.17) is 0 Å². The average Bonchev–Trinajstić information content (AvgIpc) is 2.34. The summed E-state index contributed by atoms with van der Waals surface area (Å²) in [6, 6.07) is 0. The minimum atomic E-state index is 0.518. The van der Waals surface area contributed by atoms with E-state index in [9.17, 15) is 0 Å². The van der Waals surface area contributed by atoms with E-state index in [1.807, 2.05) is 0 Å². The lowest BCUT2D eigenvalue weighted by Gasteiger charge is -2.13. The van der Waals surface area contributed by atoms with E-state index in [2.05, 4.69) is 34.5 Å². The van der Waals surface area contributed by atoms with Gasteiger partial charge in [-0.1, -0.05) is 46.0 Å². The van der Waals surface area contributed by atoms with Gasteiger partial charge in [0.05, 0.1) is 11.9 Å². The van der Waals surface area contributed by atoms with Crippen LogP contribution >= 0.6 is 0 Å². The molecule has 0 radical (unpaired) electrons. The van der Waals surface area contributed by atoms with Crippen LogP contribution in [0.2, 0.25) is 0 Å². The first-order valence-corrected chi connectivity index (χ1v) is 6.39. The molecule has 0 amide bonds. The lowest BCUT2D eigenvalue weighted by molar-refractivity contribution is 0.499. The highest BCUT2D eigenvalue weighted by molar-refractivity contribution is 4.99. The first kappa shape index (κ1) is 13.0. The minimum Gasteiger partial charge on any atom is -0.135 e. The van der Waals surface area contributed by atoms with Crippen LogP contribution in [0.3, 0.4) is 0 Å². The van der Waals surface area contributed by atoms with Gasteiger partial charge < -0.3 is 0 Å². The molecule has 0 aliphatic heterocycles. The number of rotatable bonds is 8. The Bertz CT molecular complexity index is 263. The quantitative estimate of drug-likeness (QED) is 0.634. The molecule has 0 fully saturated rings. The molecule has 0 saturated heterocycles. The summed E-state index contributed by atoms with van der Waals surface area (Å²) in [5.41, 5.74) is 1.01. The van der Waals surface area contributed by atoms with Gasteiger partial charge in [-0.15, -0.1) is 10.2 Å². The van der Waals surface area contributed by atoms with Crippen LogP contribution in [0.4, 0.5) is 0 Å². The second-order valence-electron chi connectivity index (χ2n) is 4.28. The summed E-state index contributed by atoms with van der Waals surface area (Å²) in [6.45, 7) is 4.45. The van der Waals surface area contributed by atoms with Gasteiger partial charge >= 0.3 is 0 Å². The second-order valence-corrected chi connectivity index (χ2v) is 4.28. The molecule has 0 spiro atoms. The summed E-state index contributed by atoms with van der Waals surface area (Å²) in [6.07, 6.45) is 10.5. The van der Waals surface area contributed by atoms with Gasteiger partial charge in [-0.2, -0.15) is 0 Å². The zero-order chi connectivity index (χ0) is 11.6. The third kappa shape index (κ3) is 4.64. The number of hydrogen-bond donors (Lipinski definition) is 0. The van der Waals surface area contributed by atoms with E-state index in [-0.39, 0.29) is 0 Å². The zero-order valence-electron chi connectivity index (χ0n) is 10.4. The van der Waals surface area contributed by atoms with E-state index in [0.717, 1.165) is 5.69 Å². The topological polar surface area (TPSA) is 51.6 Å². The minimum absolute atomic E-state index is 0.518. The molecule has 0 aliphatic rings. The molecule has 1 aromatic heterocycles. The van der Waals surface area contributed by atoms with Gasteiger partial charge in [-0.3, -0.25) is 0 Å². The Labute approximate surface area is 97.9 Å². The smallest absolute Gasteiger partial charge is 0.0881 e. The van der Waals surface area contributed by atoms with Gasteiger partial charge in [0.15, 0.2) is 0 Å². The summed E-state index contributed by atoms with van der Waals surface area (Å²) in [4.78, 5) is 0. The average molecular weight is 222 g/mol. The Kier molecular flexibility index (Phi) is 6.61. The van der Waals surface area contributed by atoms with Gasteiger partial charge in [0.2, 0.25) is 0 Å². The predicted molar refractivity (Wildman–Crippen MR) is 64.0 cm³/mol. The van der Waals surface area contributed by atoms with Crippen LogP contribution in [0, 0.1) is 0 Å². The molecule has 1 unspecified atom stereocenters. The van der Waals surface area contributed by atoms with Crippen LogP contribution in [-0.4, -0.2) is 20.6 Å². The standard InChI is InChI=1S/C12H22N4/c1-3-5-6-7-9-11(8-4-2)12-10-13-15-16-14-12/h10-11H,3-9H2,1-2H3. The molecule has 1 aromatic rings.